The van der Waals surface area contributed by atoms with Gasteiger partial charge in [0, 0.05) is 0 Å². The molecule has 0 bridgehead atoms. The molecule has 0 radical (unpaired) electrons. The average molecular weight is 436 g/mol. The summed E-state index contributed by atoms with van der Waals surface area (Å²) < 4.78 is 0. The van der Waals surface area contributed by atoms with Crippen molar-refractivity contribution in [3.05, 3.63) is 59.7 Å². The maximum absolute atomic E-state index is 11.2. The number of hydrogen-bond acceptors (Lipinski definition) is 2. The van der Waals surface area contributed by atoms with Gasteiger partial charge in [-0.25, -0.2) is 0 Å². The van der Waals surface area contributed by atoms with E-state index in [0.29, 0.717) is 11.8 Å². The third kappa shape index (κ3) is 7.36. The Kier molecular flexibility index (Phi) is 11.8. The normalized spacial score (nSPS) is 12.3. The van der Waals surface area contributed by atoms with E-state index in [1.807, 2.05) is 24.3 Å². The Hall–Kier alpha value is -0.389. The Morgan fingerprint density at radius 3 is 1.26 bits per heavy atom. The van der Waals surface area contributed by atoms with Gasteiger partial charge in [0.15, 0.2) is 0 Å². The van der Waals surface area contributed by atoms with Gasteiger partial charge in [0.2, 0.25) is 0 Å². The van der Waals surface area contributed by atoms with Crippen molar-refractivity contribution in [2.24, 2.45) is 0 Å². The van der Waals surface area contributed by atoms with E-state index in [-0.39, 0.29) is 60.4 Å². The molecule has 3 heteroatoms. The van der Waals surface area contributed by atoms with Gasteiger partial charge in [-0.3, -0.25) is 0 Å². The molecule has 2 atom stereocenters. The summed E-state index contributed by atoms with van der Waals surface area (Å²) in [6.07, 6.45) is 2.05. The van der Waals surface area contributed by atoms with Gasteiger partial charge < -0.3 is 10.2 Å². The number of benzene rings is 2. The van der Waals surface area contributed by atoms with Crippen molar-refractivity contribution >= 4 is 48.9 Å². The van der Waals surface area contributed by atoms with E-state index in [0.717, 1.165) is 24.0 Å². The number of hydrogen-bond donors (Lipinski definition) is 0. The molecule has 2 aromatic carbocycles. The molecule has 0 aliphatic heterocycles. The van der Waals surface area contributed by atoms with Crippen molar-refractivity contribution in [3.63, 3.8) is 0 Å². The zero-order valence-corrected chi connectivity index (χ0v) is 19.2. The fraction of sp³-hybridized carbons (Fsp3) is 0.400. The van der Waals surface area contributed by atoms with Crippen LogP contribution < -0.4 is 10.2 Å². The molecule has 2 aromatic rings. The van der Waals surface area contributed by atoms with Crippen LogP contribution in [-0.2, 0) is 0 Å². The molecule has 0 aromatic heterocycles. The van der Waals surface area contributed by atoms with Crippen molar-refractivity contribution in [1.29, 1.82) is 0 Å². The van der Waals surface area contributed by atoms with E-state index in [2.05, 4.69) is 27.7 Å². The maximum Gasteiger partial charge on any atom is 2.00 e. The van der Waals surface area contributed by atoms with Crippen LogP contribution in [0.25, 0.3) is 0 Å². The predicted octanol–water partition coefficient (Wildman–Crippen LogP) is 4.17. The Labute approximate surface area is 181 Å². The van der Waals surface area contributed by atoms with E-state index in [1.165, 1.54) is 0 Å². The van der Waals surface area contributed by atoms with E-state index >= 15 is 0 Å². The Morgan fingerprint density at radius 2 is 1.00 bits per heavy atom. The molecule has 120 valence electrons. The second kappa shape index (κ2) is 12.0. The molecule has 23 heavy (non-hydrogen) atoms. The largest absolute Gasteiger partial charge is 2.00 e. The Balaban J connectivity index is 0.000000403. The monoisotopic (exact) mass is 436 g/mol. The summed E-state index contributed by atoms with van der Waals surface area (Å²) >= 11 is 0. The van der Waals surface area contributed by atoms with E-state index < -0.39 is 0 Å². The minimum atomic E-state index is 0. The number of rotatable bonds is 4. The molecule has 0 fully saturated rings. The van der Waals surface area contributed by atoms with Crippen molar-refractivity contribution in [2.75, 3.05) is 0 Å². The molecule has 0 aliphatic rings. The first-order valence-electron chi connectivity index (χ1n) is 8.03. The quantitative estimate of drug-likeness (QED) is 0.677. The van der Waals surface area contributed by atoms with E-state index in [4.69, 9.17) is 0 Å². The zero-order valence-electron chi connectivity index (χ0n) is 14.7. The van der Waals surface area contributed by atoms with Crippen molar-refractivity contribution in [2.45, 2.75) is 52.4 Å². The molecule has 0 heterocycles. The first-order valence-corrected chi connectivity index (χ1v) is 8.03. The SMILES string of the molecule is CCC(C)c1ccccc1[O-].CCC(C)c1ccccc1[O-].[Ba+2]. The molecule has 0 saturated heterocycles. The van der Waals surface area contributed by atoms with Gasteiger partial charge in [-0.2, -0.15) is 0 Å². The summed E-state index contributed by atoms with van der Waals surface area (Å²) in [7, 11) is 0. The third-order valence-electron chi connectivity index (χ3n) is 4.12. The molecule has 0 saturated carbocycles. The molecular formula is C20H26BaO2. The van der Waals surface area contributed by atoms with Crippen molar-refractivity contribution in [3.8, 4) is 11.5 Å². The van der Waals surface area contributed by atoms with Crippen LogP contribution in [0.3, 0.4) is 0 Å². The van der Waals surface area contributed by atoms with E-state index in [9.17, 15) is 10.2 Å². The molecule has 0 spiro atoms. The molecule has 0 N–H and O–H groups in total. The standard InChI is InChI=1S/2C10H14O.Ba/c2*1-3-8(2)9-6-4-5-7-10(9)11;/h2*4-8,11H,3H2,1-2H3;/q;;+2/p-2. The van der Waals surface area contributed by atoms with Gasteiger partial charge >= 0.3 is 48.9 Å². The first-order chi connectivity index (χ1) is 10.5. The molecule has 0 aliphatic carbocycles. The first kappa shape index (κ1) is 22.6. The second-order valence-electron chi connectivity index (χ2n) is 5.69. The van der Waals surface area contributed by atoms with Gasteiger partial charge in [-0.1, -0.05) is 87.4 Å². The summed E-state index contributed by atoms with van der Waals surface area (Å²) in [5.74, 6) is 1.12. The van der Waals surface area contributed by atoms with Crippen LogP contribution in [0.4, 0.5) is 0 Å². The molecule has 0 amide bonds. The van der Waals surface area contributed by atoms with Crippen LogP contribution in [-0.4, -0.2) is 48.9 Å². The minimum Gasteiger partial charge on any atom is -0.872 e. The smallest absolute Gasteiger partial charge is 0.872 e. The summed E-state index contributed by atoms with van der Waals surface area (Å²) in [5, 5.41) is 22.4. The van der Waals surface area contributed by atoms with Crippen LogP contribution in [0, 0.1) is 0 Å². The fourth-order valence-corrected chi connectivity index (χ4v) is 2.22. The Bertz CT molecular complexity index is 518. The van der Waals surface area contributed by atoms with Crippen molar-refractivity contribution in [1.82, 2.24) is 0 Å². The summed E-state index contributed by atoms with van der Waals surface area (Å²) in [4.78, 5) is 0. The topological polar surface area (TPSA) is 46.1 Å². The molecule has 2 rings (SSSR count). The second-order valence-corrected chi connectivity index (χ2v) is 5.69. The van der Waals surface area contributed by atoms with E-state index in [1.54, 1.807) is 24.3 Å². The van der Waals surface area contributed by atoms with Gasteiger partial charge in [0.1, 0.15) is 0 Å². The van der Waals surface area contributed by atoms with Gasteiger partial charge in [0.05, 0.1) is 0 Å². The minimum absolute atomic E-state index is 0. The number of para-hydroxylation sites is 2. The predicted molar refractivity (Wildman–Crippen MR) is 94.9 cm³/mol. The summed E-state index contributed by atoms with van der Waals surface area (Å²) in [6, 6.07) is 14.5. The molecule has 2 nitrogen and oxygen atoms in total. The van der Waals surface area contributed by atoms with Crippen LogP contribution >= 0.6 is 0 Å². The van der Waals surface area contributed by atoms with Gasteiger partial charge in [0.25, 0.3) is 0 Å². The fourth-order valence-electron chi connectivity index (χ4n) is 2.22. The van der Waals surface area contributed by atoms with Crippen LogP contribution in [0.1, 0.15) is 63.5 Å². The summed E-state index contributed by atoms with van der Waals surface area (Å²) in [6.45, 7) is 8.35. The third-order valence-corrected chi connectivity index (χ3v) is 4.12. The molecule has 2 unspecified atom stereocenters. The van der Waals surface area contributed by atoms with Gasteiger partial charge in [-0.15, -0.1) is 11.5 Å². The zero-order chi connectivity index (χ0) is 16.5. The van der Waals surface area contributed by atoms with Crippen molar-refractivity contribution < 1.29 is 10.2 Å². The summed E-state index contributed by atoms with van der Waals surface area (Å²) in [5.41, 5.74) is 1.88. The molecular weight excluding hydrogens is 410 g/mol. The van der Waals surface area contributed by atoms with Crippen LogP contribution in [0.15, 0.2) is 48.5 Å². The Morgan fingerprint density at radius 1 is 0.696 bits per heavy atom. The van der Waals surface area contributed by atoms with Gasteiger partial charge in [-0.05, 0) is 24.7 Å². The van der Waals surface area contributed by atoms with Crippen LogP contribution in [0.2, 0.25) is 0 Å². The average Bonchev–Trinajstić information content (AvgIpc) is 2.55. The van der Waals surface area contributed by atoms with Crippen LogP contribution in [0.5, 0.6) is 11.5 Å². The maximum atomic E-state index is 11.2.